The molecule has 34 heavy (non-hydrogen) atoms. The second-order valence-corrected chi connectivity index (χ2v) is 8.62. The summed E-state index contributed by atoms with van der Waals surface area (Å²) < 4.78 is 5.55. The van der Waals surface area contributed by atoms with E-state index < -0.39 is 30.6 Å². The van der Waals surface area contributed by atoms with Crippen molar-refractivity contribution in [3.8, 4) is 11.1 Å². The Labute approximate surface area is 199 Å². The van der Waals surface area contributed by atoms with Crippen LogP contribution < -0.4 is 5.32 Å². The zero-order valence-electron chi connectivity index (χ0n) is 18.6. The van der Waals surface area contributed by atoms with Crippen LogP contribution >= 0.6 is 11.3 Å². The number of nitrogens with one attached hydrogen (secondary N) is 1. The van der Waals surface area contributed by atoms with E-state index in [1.165, 1.54) is 23.8 Å². The number of nitrogens with zero attached hydrogens (tertiary/aromatic N) is 2. The Bertz CT molecular complexity index is 1180. The van der Waals surface area contributed by atoms with Crippen molar-refractivity contribution in [2.24, 2.45) is 0 Å². The maximum atomic E-state index is 12.5. The van der Waals surface area contributed by atoms with Crippen LogP contribution in [-0.2, 0) is 14.4 Å². The molecule has 1 atom stereocenters. The number of amides is 2. The summed E-state index contributed by atoms with van der Waals surface area (Å²) in [4.78, 5) is 44.5. The van der Waals surface area contributed by atoms with E-state index in [0.29, 0.717) is 5.01 Å². The molecule has 1 aromatic heterocycles. The number of rotatable bonds is 8. The highest BCUT2D eigenvalue weighted by molar-refractivity contribution is 7.09. The van der Waals surface area contributed by atoms with Crippen LogP contribution in [0.4, 0.5) is 4.79 Å². The van der Waals surface area contributed by atoms with E-state index in [1.807, 2.05) is 24.3 Å². The van der Waals surface area contributed by atoms with E-state index >= 15 is 0 Å². The number of hydroxylamine groups is 2. The first-order chi connectivity index (χ1) is 16.3. The van der Waals surface area contributed by atoms with Gasteiger partial charge in [0, 0.05) is 18.3 Å². The van der Waals surface area contributed by atoms with Crippen molar-refractivity contribution < 1.29 is 29.1 Å². The molecule has 2 amide bonds. The summed E-state index contributed by atoms with van der Waals surface area (Å²) >= 11 is 1.19. The van der Waals surface area contributed by atoms with Crippen molar-refractivity contribution >= 4 is 29.3 Å². The lowest BCUT2D eigenvalue weighted by molar-refractivity contribution is -0.159. The van der Waals surface area contributed by atoms with Crippen molar-refractivity contribution in [2.75, 3.05) is 20.3 Å². The number of hydrogen-bond donors (Lipinski definition) is 2. The fourth-order valence-corrected chi connectivity index (χ4v) is 4.64. The van der Waals surface area contributed by atoms with Crippen LogP contribution in [0.2, 0.25) is 0 Å². The fourth-order valence-electron chi connectivity index (χ4n) is 3.84. The molecule has 0 radical (unpaired) electrons. The number of thiazole rings is 1. The van der Waals surface area contributed by atoms with E-state index in [2.05, 4.69) is 34.6 Å². The lowest BCUT2D eigenvalue weighted by atomic mass is 9.98. The summed E-state index contributed by atoms with van der Waals surface area (Å²) in [5, 5.41) is 14.2. The Morgan fingerprint density at radius 3 is 2.35 bits per heavy atom. The van der Waals surface area contributed by atoms with Gasteiger partial charge in [0.05, 0.1) is 6.04 Å². The van der Waals surface area contributed by atoms with E-state index in [-0.39, 0.29) is 18.2 Å². The molecule has 4 rings (SSSR count). The van der Waals surface area contributed by atoms with Crippen LogP contribution in [0.3, 0.4) is 0 Å². The summed E-state index contributed by atoms with van der Waals surface area (Å²) in [6, 6.07) is 15.7. The Balaban J connectivity index is 1.35. The zero-order valence-corrected chi connectivity index (χ0v) is 19.4. The van der Waals surface area contributed by atoms with Gasteiger partial charge in [0.15, 0.2) is 6.61 Å². The molecular weight excluding hydrogens is 458 g/mol. The molecule has 0 fully saturated rings. The Morgan fingerprint density at radius 2 is 1.74 bits per heavy atom. The van der Waals surface area contributed by atoms with Crippen LogP contribution in [0, 0.1) is 0 Å². The van der Waals surface area contributed by atoms with Crippen LogP contribution in [0.5, 0.6) is 0 Å². The van der Waals surface area contributed by atoms with Gasteiger partial charge in [-0.2, -0.15) is 0 Å². The summed E-state index contributed by atoms with van der Waals surface area (Å²) in [5.41, 5.74) is 4.65. The number of aliphatic carboxylic acids is 1. The second-order valence-electron chi connectivity index (χ2n) is 7.73. The average Bonchev–Trinajstić information content (AvgIpc) is 3.44. The summed E-state index contributed by atoms with van der Waals surface area (Å²) in [6.45, 7) is 1.29. The number of benzene rings is 2. The molecule has 0 aliphatic heterocycles. The maximum absolute atomic E-state index is 12.5. The van der Waals surface area contributed by atoms with E-state index in [1.54, 1.807) is 6.92 Å². The molecule has 1 heterocycles. The normalized spacial score (nSPS) is 13.0. The Morgan fingerprint density at radius 1 is 1.12 bits per heavy atom. The van der Waals surface area contributed by atoms with Gasteiger partial charge in [-0.05, 0) is 29.2 Å². The summed E-state index contributed by atoms with van der Waals surface area (Å²) in [7, 11) is 1.31. The number of alkyl carbamates (subject to hydrolysis) is 1. The topological polar surface area (TPSA) is 118 Å². The number of hydrogen-bond acceptors (Lipinski definition) is 7. The highest BCUT2D eigenvalue weighted by Gasteiger charge is 2.29. The third-order valence-corrected chi connectivity index (χ3v) is 6.48. The van der Waals surface area contributed by atoms with Crippen LogP contribution in [-0.4, -0.2) is 53.4 Å². The van der Waals surface area contributed by atoms with Gasteiger partial charge in [0.25, 0.3) is 5.91 Å². The molecule has 0 saturated heterocycles. The van der Waals surface area contributed by atoms with Crippen molar-refractivity contribution in [2.45, 2.75) is 18.9 Å². The minimum absolute atomic E-state index is 0.0427. The van der Waals surface area contributed by atoms with Gasteiger partial charge in [0.2, 0.25) is 0 Å². The molecule has 176 valence electrons. The molecule has 1 aliphatic carbocycles. The number of carboxylic acid groups (broad SMARTS) is 1. The van der Waals surface area contributed by atoms with Gasteiger partial charge in [0.1, 0.15) is 17.3 Å². The molecule has 10 heteroatoms. The van der Waals surface area contributed by atoms with E-state index in [0.717, 1.165) is 27.3 Å². The van der Waals surface area contributed by atoms with E-state index in [9.17, 15) is 14.4 Å². The van der Waals surface area contributed by atoms with Gasteiger partial charge in [-0.3, -0.25) is 9.63 Å². The van der Waals surface area contributed by atoms with Crippen LogP contribution in [0.1, 0.15) is 45.5 Å². The third kappa shape index (κ3) is 4.92. The van der Waals surface area contributed by atoms with Gasteiger partial charge in [-0.1, -0.05) is 48.5 Å². The SMILES string of the molecule is CC(NC(=O)OCC1c2ccccc2-c2ccccc21)c1nc(C(=O)N(C)OCC(=O)O)cs1. The minimum atomic E-state index is -1.19. The highest BCUT2D eigenvalue weighted by atomic mass is 32.1. The van der Waals surface area contributed by atoms with Gasteiger partial charge >= 0.3 is 12.1 Å². The van der Waals surface area contributed by atoms with Crippen molar-refractivity contribution in [1.29, 1.82) is 0 Å². The average molecular weight is 482 g/mol. The first-order valence-electron chi connectivity index (χ1n) is 10.5. The van der Waals surface area contributed by atoms with Crippen LogP contribution in [0.15, 0.2) is 53.9 Å². The van der Waals surface area contributed by atoms with Crippen molar-refractivity contribution in [1.82, 2.24) is 15.4 Å². The number of ether oxygens (including phenoxy) is 1. The van der Waals surface area contributed by atoms with Crippen LogP contribution in [0.25, 0.3) is 11.1 Å². The summed E-state index contributed by atoms with van der Waals surface area (Å²) in [6.07, 6.45) is -0.584. The lowest BCUT2D eigenvalue weighted by Gasteiger charge is -2.16. The molecule has 3 aromatic rings. The summed E-state index contributed by atoms with van der Waals surface area (Å²) in [5.74, 6) is -1.82. The number of aromatic nitrogens is 1. The molecule has 0 bridgehead atoms. The quantitative estimate of drug-likeness (QED) is 0.470. The molecule has 1 unspecified atom stereocenters. The largest absolute Gasteiger partial charge is 0.479 e. The van der Waals surface area contributed by atoms with Crippen molar-refractivity contribution in [3.63, 3.8) is 0 Å². The Kier molecular flexibility index (Phi) is 6.90. The molecule has 0 saturated carbocycles. The smallest absolute Gasteiger partial charge is 0.407 e. The fraction of sp³-hybridized carbons (Fsp3) is 0.250. The molecule has 2 N–H and O–H groups in total. The van der Waals surface area contributed by atoms with Gasteiger partial charge in [-0.15, -0.1) is 11.3 Å². The first kappa shape index (κ1) is 23.4. The predicted octanol–water partition coefficient (Wildman–Crippen LogP) is 3.83. The number of fused-ring (bicyclic) bond motifs is 3. The van der Waals surface area contributed by atoms with Gasteiger partial charge < -0.3 is 15.2 Å². The second kappa shape index (κ2) is 10.0. The number of carboxylic acids is 1. The van der Waals surface area contributed by atoms with Crippen molar-refractivity contribution in [3.05, 3.63) is 75.7 Å². The third-order valence-electron chi connectivity index (χ3n) is 5.46. The first-order valence-corrected chi connectivity index (χ1v) is 11.4. The molecule has 2 aromatic carbocycles. The zero-order chi connectivity index (χ0) is 24.2. The molecular formula is C24H23N3O6S. The predicted molar refractivity (Wildman–Crippen MR) is 124 cm³/mol. The lowest BCUT2D eigenvalue weighted by Crippen LogP contribution is -2.30. The maximum Gasteiger partial charge on any atom is 0.407 e. The van der Waals surface area contributed by atoms with E-state index in [4.69, 9.17) is 14.7 Å². The number of carbonyl (C=O) groups is 3. The molecule has 1 aliphatic rings. The number of carbonyl (C=O) groups excluding carboxylic acids is 2. The van der Waals surface area contributed by atoms with Gasteiger partial charge in [-0.25, -0.2) is 19.6 Å². The Hall–Kier alpha value is -3.76. The minimum Gasteiger partial charge on any atom is -0.479 e. The molecule has 0 spiro atoms. The standard InChI is InChI=1S/C24H23N3O6S/c1-14(22-26-20(13-34-22)23(30)27(2)33-12-21(28)29)25-24(31)32-11-19-17-9-5-3-7-15(17)16-8-4-6-10-18(16)19/h3-10,13-14,19H,11-12H2,1-2H3,(H,25,31)(H,28,29). The monoisotopic (exact) mass is 481 g/mol. The highest BCUT2D eigenvalue weighted by Crippen LogP contribution is 2.44. The molecule has 9 nitrogen and oxygen atoms in total.